The number of carbonyl (C=O) groups excluding carboxylic acids is 2. The van der Waals surface area contributed by atoms with Gasteiger partial charge in [-0.25, -0.2) is 0 Å². The average molecular weight is 292 g/mol. The van der Waals surface area contributed by atoms with Crippen LogP contribution in [0.4, 0.5) is 11.4 Å². The summed E-state index contributed by atoms with van der Waals surface area (Å²) in [5.41, 5.74) is 7.47. The van der Waals surface area contributed by atoms with E-state index in [2.05, 4.69) is 16.0 Å². The summed E-state index contributed by atoms with van der Waals surface area (Å²) in [5, 5.41) is 8.57. The van der Waals surface area contributed by atoms with Gasteiger partial charge in [0.15, 0.2) is 0 Å². The van der Waals surface area contributed by atoms with Crippen LogP contribution in [0.5, 0.6) is 0 Å². The van der Waals surface area contributed by atoms with Crippen molar-refractivity contribution in [2.75, 3.05) is 24.1 Å². The van der Waals surface area contributed by atoms with Crippen molar-refractivity contribution in [2.45, 2.75) is 33.2 Å². The van der Waals surface area contributed by atoms with E-state index in [-0.39, 0.29) is 11.8 Å². The van der Waals surface area contributed by atoms with E-state index in [0.29, 0.717) is 30.0 Å². The molecular weight excluding hydrogens is 268 g/mol. The fraction of sp³-hybridized carbons (Fsp3) is 0.467. The summed E-state index contributed by atoms with van der Waals surface area (Å²) >= 11 is 0. The first-order chi connectivity index (χ1) is 9.99. The highest BCUT2D eigenvalue weighted by molar-refractivity contribution is 5.96. The molecule has 0 spiro atoms. The smallest absolute Gasteiger partial charge is 0.251 e. The number of hydrogen-bond acceptors (Lipinski definition) is 4. The van der Waals surface area contributed by atoms with Gasteiger partial charge in [0.2, 0.25) is 5.91 Å². The largest absolute Gasteiger partial charge is 0.397 e. The fourth-order valence-electron chi connectivity index (χ4n) is 1.79. The molecule has 0 heterocycles. The lowest BCUT2D eigenvalue weighted by Crippen LogP contribution is -2.38. The Morgan fingerprint density at radius 2 is 1.95 bits per heavy atom. The van der Waals surface area contributed by atoms with E-state index in [4.69, 9.17) is 5.73 Å². The van der Waals surface area contributed by atoms with Gasteiger partial charge in [-0.2, -0.15) is 0 Å². The molecule has 116 valence electrons. The number of nitrogens with two attached hydrogens (primary N) is 1. The van der Waals surface area contributed by atoms with Crippen LogP contribution in [0.15, 0.2) is 18.2 Å². The molecule has 1 aromatic rings. The maximum Gasteiger partial charge on any atom is 0.251 e. The Hall–Kier alpha value is -2.24. The van der Waals surface area contributed by atoms with Gasteiger partial charge in [0.05, 0.1) is 11.4 Å². The number of hydrogen-bond donors (Lipinski definition) is 4. The Balaban J connectivity index is 2.80. The minimum atomic E-state index is -0.427. The van der Waals surface area contributed by atoms with Gasteiger partial charge in [0.1, 0.15) is 6.04 Å². The zero-order valence-corrected chi connectivity index (χ0v) is 12.8. The molecule has 0 radical (unpaired) electrons. The minimum absolute atomic E-state index is 0.0975. The van der Waals surface area contributed by atoms with Crippen molar-refractivity contribution < 1.29 is 9.59 Å². The highest BCUT2D eigenvalue weighted by Gasteiger charge is 2.14. The number of benzene rings is 1. The molecule has 0 aromatic heterocycles. The predicted octanol–water partition coefficient (Wildman–Crippen LogP) is 1.35. The van der Waals surface area contributed by atoms with Crippen molar-refractivity contribution in [3.05, 3.63) is 23.8 Å². The molecule has 2 amide bonds. The molecule has 6 heteroatoms. The van der Waals surface area contributed by atoms with Crippen LogP contribution in [-0.4, -0.2) is 30.9 Å². The van der Waals surface area contributed by atoms with E-state index in [1.807, 2.05) is 13.8 Å². The molecule has 0 saturated heterocycles. The summed E-state index contributed by atoms with van der Waals surface area (Å²) in [5.74, 6) is -0.261. The molecule has 0 aliphatic carbocycles. The van der Waals surface area contributed by atoms with E-state index in [1.54, 1.807) is 25.1 Å². The molecule has 1 aromatic carbocycles. The molecule has 5 N–H and O–H groups in total. The van der Waals surface area contributed by atoms with Crippen LogP contribution in [0.25, 0.3) is 0 Å². The summed E-state index contributed by atoms with van der Waals surface area (Å²) in [6.45, 7) is 6.80. The van der Waals surface area contributed by atoms with E-state index < -0.39 is 6.04 Å². The van der Waals surface area contributed by atoms with Gasteiger partial charge >= 0.3 is 0 Å². The number of carbonyl (C=O) groups is 2. The molecule has 1 atom stereocenters. The lowest BCUT2D eigenvalue weighted by atomic mass is 10.1. The molecule has 0 fully saturated rings. The van der Waals surface area contributed by atoms with Crippen molar-refractivity contribution in [1.29, 1.82) is 0 Å². The topological polar surface area (TPSA) is 96.2 Å². The lowest BCUT2D eigenvalue weighted by Gasteiger charge is -2.17. The number of nitrogen functional groups attached to an aromatic ring is 1. The monoisotopic (exact) mass is 292 g/mol. The van der Waals surface area contributed by atoms with Gasteiger partial charge in [-0.1, -0.05) is 6.92 Å². The third-order valence-corrected chi connectivity index (χ3v) is 2.97. The van der Waals surface area contributed by atoms with Crippen molar-refractivity contribution in [2.24, 2.45) is 0 Å². The normalized spacial score (nSPS) is 11.6. The molecule has 6 nitrogen and oxygen atoms in total. The van der Waals surface area contributed by atoms with Crippen molar-refractivity contribution in [1.82, 2.24) is 10.6 Å². The first-order valence-electron chi connectivity index (χ1n) is 7.21. The Kier molecular flexibility index (Phi) is 6.52. The van der Waals surface area contributed by atoms with Crippen LogP contribution in [0, 0.1) is 0 Å². The SMILES string of the molecule is CCCNC(=O)C(C)Nc1cc(C(=O)NCC)ccc1N. The van der Waals surface area contributed by atoms with Gasteiger partial charge in [0, 0.05) is 18.7 Å². The number of amides is 2. The Labute approximate surface area is 125 Å². The first-order valence-corrected chi connectivity index (χ1v) is 7.21. The number of nitrogens with one attached hydrogen (secondary N) is 3. The van der Waals surface area contributed by atoms with Crippen molar-refractivity contribution in [3.63, 3.8) is 0 Å². The summed E-state index contributed by atoms with van der Waals surface area (Å²) in [4.78, 5) is 23.7. The van der Waals surface area contributed by atoms with Gasteiger partial charge < -0.3 is 21.7 Å². The standard InChI is InChI=1S/C15H24N4O2/c1-4-8-18-14(20)10(3)19-13-9-11(6-7-12(13)16)15(21)17-5-2/h6-7,9-10,19H,4-5,8,16H2,1-3H3,(H,17,21)(H,18,20). The highest BCUT2D eigenvalue weighted by atomic mass is 16.2. The Bertz CT molecular complexity index is 502. The molecule has 1 rings (SSSR count). The second-order valence-corrected chi connectivity index (χ2v) is 4.82. The van der Waals surface area contributed by atoms with E-state index in [9.17, 15) is 9.59 Å². The van der Waals surface area contributed by atoms with Gasteiger partial charge in [-0.05, 0) is 38.5 Å². The third-order valence-electron chi connectivity index (χ3n) is 2.97. The van der Waals surface area contributed by atoms with Gasteiger partial charge in [-0.3, -0.25) is 9.59 Å². The molecule has 1 unspecified atom stereocenters. The van der Waals surface area contributed by atoms with Crippen LogP contribution in [0.2, 0.25) is 0 Å². The molecule has 21 heavy (non-hydrogen) atoms. The molecule has 0 aliphatic rings. The predicted molar refractivity (Wildman–Crippen MR) is 85.2 cm³/mol. The lowest BCUT2D eigenvalue weighted by molar-refractivity contribution is -0.121. The Morgan fingerprint density at radius 3 is 2.57 bits per heavy atom. The summed E-state index contributed by atoms with van der Waals surface area (Å²) in [6, 6.07) is 4.55. The Morgan fingerprint density at radius 1 is 1.24 bits per heavy atom. The quantitative estimate of drug-likeness (QED) is 0.570. The molecule has 0 aliphatic heterocycles. The molecule has 0 saturated carbocycles. The summed E-state index contributed by atoms with van der Waals surface area (Å²) < 4.78 is 0. The maximum absolute atomic E-state index is 11.8. The van der Waals surface area contributed by atoms with Gasteiger partial charge in [0.25, 0.3) is 5.91 Å². The first kappa shape index (κ1) is 16.8. The zero-order valence-electron chi connectivity index (χ0n) is 12.8. The highest BCUT2D eigenvalue weighted by Crippen LogP contribution is 2.21. The van der Waals surface area contributed by atoms with Crippen molar-refractivity contribution >= 4 is 23.2 Å². The molecule has 0 bridgehead atoms. The van der Waals surface area contributed by atoms with E-state index >= 15 is 0 Å². The zero-order chi connectivity index (χ0) is 15.8. The maximum atomic E-state index is 11.8. The average Bonchev–Trinajstić information content (AvgIpc) is 2.47. The molecular formula is C15H24N4O2. The second kappa shape index (κ2) is 8.14. The van der Waals surface area contributed by atoms with Crippen LogP contribution in [-0.2, 0) is 4.79 Å². The van der Waals surface area contributed by atoms with E-state index in [0.717, 1.165) is 6.42 Å². The van der Waals surface area contributed by atoms with E-state index in [1.165, 1.54) is 0 Å². The van der Waals surface area contributed by atoms with Gasteiger partial charge in [-0.15, -0.1) is 0 Å². The number of anilines is 2. The second-order valence-electron chi connectivity index (χ2n) is 4.82. The van der Waals surface area contributed by atoms with Crippen LogP contribution < -0.4 is 21.7 Å². The third kappa shape index (κ3) is 4.98. The summed E-state index contributed by atoms with van der Waals surface area (Å²) in [6.07, 6.45) is 0.882. The van der Waals surface area contributed by atoms with Crippen LogP contribution in [0.1, 0.15) is 37.6 Å². The number of rotatable bonds is 7. The minimum Gasteiger partial charge on any atom is -0.397 e. The van der Waals surface area contributed by atoms with Crippen LogP contribution >= 0.6 is 0 Å². The fourth-order valence-corrected chi connectivity index (χ4v) is 1.79. The summed E-state index contributed by atoms with van der Waals surface area (Å²) in [7, 11) is 0. The van der Waals surface area contributed by atoms with Crippen molar-refractivity contribution in [3.8, 4) is 0 Å². The van der Waals surface area contributed by atoms with Crippen LogP contribution in [0.3, 0.4) is 0 Å².